The van der Waals surface area contributed by atoms with Crippen molar-refractivity contribution >= 4 is 11.8 Å². The fourth-order valence-electron chi connectivity index (χ4n) is 2.71. The second-order valence-corrected chi connectivity index (χ2v) is 6.40. The maximum atomic E-state index is 13.3. The van der Waals surface area contributed by atoms with Crippen LogP contribution in [-0.2, 0) is 16.1 Å². The zero-order valence-corrected chi connectivity index (χ0v) is 14.5. The molecule has 0 spiro atoms. The molecule has 2 rings (SSSR count). The predicted molar refractivity (Wildman–Crippen MR) is 89.7 cm³/mol. The first kappa shape index (κ1) is 19.3. The molecule has 1 atom stereocenters. The Morgan fingerprint density at radius 3 is 2.64 bits per heavy atom. The third-order valence-electron chi connectivity index (χ3n) is 3.95. The average Bonchev–Trinajstić information content (AvgIpc) is 2.50. The highest BCUT2D eigenvalue weighted by Gasteiger charge is 2.30. The molecule has 1 aromatic carbocycles. The molecule has 25 heavy (non-hydrogen) atoms. The van der Waals surface area contributed by atoms with Gasteiger partial charge in [0.25, 0.3) is 0 Å². The van der Waals surface area contributed by atoms with Crippen molar-refractivity contribution < 1.29 is 18.4 Å². The fourth-order valence-corrected chi connectivity index (χ4v) is 2.71. The minimum absolute atomic E-state index is 0.0419. The lowest BCUT2D eigenvalue weighted by atomic mass is 10.1. The minimum Gasteiger partial charge on any atom is -0.355 e. The topological polar surface area (TPSA) is 64.7 Å². The monoisotopic (exact) mass is 354 g/mol. The Morgan fingerprint density at radius 1 is 1.32 bits per heavy atom. The van der Waals surface area contributed by atoms with E-state index in [1.165, 1.54) is 17.0 Å². The van der Waals surface area contributed by atoms with Gasteiger partial charge in [0.05, 0.1) is 12.5 Å². The summed E-state index contributed by atoms with van der Waals surface area (Å²) in [6, 6.07) is 2.60. The molecular formula is C17H24F2N4O2. The van der Waals surface area contributed by atoms with Crippen LogP contribution < -0.4 is 10.6 Å². The van der Waals surface area contributed by atoms with Gasteiger partial charge < -0.3 is 20.4 Å². The van der Waals surface area contributed by atoms with Crippen LogP contribution in [0, 0.1) is 11.6 Å². The summed E-state index contributed by atoms with van der Waals surface area (Å²) in [5.74, 6) is -1.78. The van der Waals surface area contributed by atoms with Crippen LogP contribution in [-0.4, -0.2) is 67.9 Å². The highest BCUT2D eigenvalue weighted by Crippen LogP contribution is 2.13. The number of halogens is 2. The van der Waals surface area contributed by atoms with E-state index in [2.05, 4.69) is 10.6 Å². The Morgan fingerprint density at radius 2 is 2.00 bits per heavy atom. The lowest BCUT2D eigenvalue weighted by Crippen LogP contribution is -2.56. The van der Waals surface area contributed by atoms with Crippen molar-refractivity contribution in [2.45, 2.75) is 19.0 Å². The summed E-state index contributed by atoms with van der Waals surface area (Å²) >= 11 is 0. The van der Waals surface area contributed by atoms with Gasteiger partial charge in [-0.25, -0.2) is 8.78 Å². The molecule has 2 amide bonds. The Hall–Kier alpha value is -2.06. The van der Waals surface area contributed by atoms with Gasteiger partial charge in [-0.05, 0) is 31.8 Å². The second-order valence-electron chi connectivity index (χ2n) is 6.40. The van der Waals surface area contributed by atoms with Crippen molar-refractivity contribution in [2.75, 3.05) is 40.3 Å². The molecule has 0 saturated carbocycles. The Kier molecular flexibility index (Phi) is 6.83. The van der Waals surface area contributed by atoms with E-state index in [9.17, 15) is 18.4 Å². The molecule has 0 radical (unpaired) electrons. The highest BCUT2D eigenvalue weighted by molar-refractivity contribution is 5.88. The SMILES string of the molecule is CN(C)CCNC(=O)CC1NCCN(Cc2cc(F)cc(F)c2)C1=O. The normalized spacial score (nSPS) is 17.9. The van der Waals surface area contributed by atoms with E-state index in [-0.39, 0.29) is 24.8 Å². The van der Waals surface area contributed by atoms with Crippen LogP contribution in [0.3, 0.4) is 0 Å². The van der Waals surface area contributed by atoms with Crippen LogP contribution in [0.5, 0.6) is 0 Å². The third kappa shape index (κ3) is 6.06. The second kappa shape index (κ2) is 8.87. The molecule has 138 valence electrons. The smallest absolute Gasteiger partial charge is 0.240 e. The zero-order valence-electron chi connectivity index (χ0n) is 14.5. The molecule has 1 unspecified atom stereocenters. The van der Waals surface area contributed by atoms with E-state index < -0.39 is 17.7 Å². The molecule has 0 aliphatic carbocycles. The predicted octanol–water partition coefficient (Wildman–Crippen LogP) is 0.333. The Balaban J connectivity index is 1.90. The summed E-state index contributed by atoms with van der Waals surface area (Å²) < 4.78 is 26.6. The summed E-state index contributed by atoms with van der Waals surface area (Å²) in [7, 11) is 3.82. The highest BCUT2D eigenvalue weighted by atomic mass is 19.1. The first-order valence-electron chi connectivity index (χ1n) is 8.23. The first-order chi connectivity index (χ1) is 11.8. The van der Waals surface area contributed by atoms with Gasteiger partial charge >= 0.3 is 0 Å². The molecule has 0 aromatic heterocycles. The number of amides is 2. The van der Waals surface area contributed by atoms with Gasteiger partial charge in [-0.3, -0.25) is 9.59 Å². The quantitative estimate of drug-likeness (QED) is 0.741. The van der Waals surface area contributed by atoms with Gasteiger partial charge in [0, 0.05) is 38.8 Å². The van der Waals surface area contributed by atoms with Gasteiger partial charge in [-0.2, -0.15) is 0 Å². The van der Waals surface area contributed by atoms with Crippen LogP contribution in [0.25, 0.3) is 0 Å². The van der Waals surface area contributed by atoms with Gasteiger partial charge in [-0.15, -0.1) is 0 Å². The maximum Gasteiger partial charge on any atom is 0.240 e. The number of likely N-dealkylation sites (N-methyl/N-ethyl adjacent to an activating group) is 1. The van der Waals surface area contributed by atoms with Gasteiger partial charge in [0.1, 0.15) is 11.6 Å². The number of benzene rings is 1. The standard InChI is InChI=1S/C17H24F2N4O2/c1-22(2)5-3-21-16(24)10-15-17(25)23(6-4-20-15)11-12-7-13(18)9-14(19)8-12/h7-9,15,20H,3-6,10-11H2,1-2H3,(H,21,24). The Bertz CT molecular complexity index is 604. The lowest BCUT2D eigenvalue weighted by molar-refractivity contribution is -0.138. The molecule has 0 bridgehead atoms. The molecule has 1 aliphatic rings. The van der Waals surface area contributed by atoms with E-state index in [4.69, 9.17) is 0 Å². The van der Waals surface area contributed by atoms with Crippen molar-refractivity contribution in [3.05, 3.63) is 35.4 Å². The Labute approximate surface area is 146 Å². The van der Waals surface area contributed by atoms with Gasteiger partial charge in [0.2, 0.25) is 11.8 Å². The van der Waals surface area contributed by atoms with Crippen LogP contribution in [0.15, 0.2) is 18.2 Å². The van der Waals surface area contributed by atoms with E-state index in [1.807, 2.05) is 19.0 Å². The molecule has 6 nitrogen and oxygen atoms in total. The summed E-state index contributed by atoms with van der Waals surface area (Å²) in [5, 5.41) is 5.80. The molecule has 8 heteroatoms. The molecule has 2 N–H and O–H groups in total. The molecular weight excluding hydrogens is 330 g/mol. The van der Waals surface area contributed by atoms with Crippen molar-refractivity contribution in [3.8, 4) is 0 Å². The van der Waals surface area contributed by atoms with Crippen molar-refractivity contribution in [1.82, 2.24) is 20.4 Å². The number of nitrogens with zero attached hydrogens (tertiary/aromatic N) is 2. The lowest BCUT2D eigenvalue weighted by Gasteiger charge is -2.33. The zero-order chi connectivity index (χ0) is 18.4. The van der Waals surface area contributed by atoms with Gasteiger partial charge in [0.15, 0.2) is 0 Å². The first-order valence-corrected chi connectivity index (χ1v) is 8.23. The van der Waals surface area contributed by atoms with Crippen molar-refractivity contribution in [1.29, 1.82) is 0 Å². The molecule has 1 fully saturated rings. The average molecular weight is 354 g/mol. The van der Waals surface area contributed by atoms with E-state index in [1.54, 1.807) is 0 Å². The maximum absolute atomic E-state index is 13.3. The number of carbonyl (C=O) groups is 2. The van der Waals surface area contributed by atoms with E-state index in [0.29, 0.717) is 25.2 Å². The number of piperazine rings is 1. The van der Waals surface area contributed by atoms with Crippen LogP contribution in [0.4, 0.5) is 8.78 Å². The summed E-state index contributed by atoms with van der Waals surface area (Å²) in [6.45, 7) is 2.30. The number of hydrogen-bond acceptors (Lipinski definition) is 4. The minimum atomic E-state index is -0.672. The molecule has 1 aliphatic heterocycles. The van der Waals surface area contributed by atoms with Gasteiger partial charge in [-0.1, -0.05) is 0 Å². The number of carbonyl (C=O) groups excluding carboxylic acids is 2. The van der Waals surface area contributed by atoms with Crippen molar-refractivity contribution in [3.63, 3.8) is 0 Å². The van der Waals surface area contributed by atoms with E-state index in [0.717, 1.165) is 12.6 Å². The number of rotatable bonds is 7. The van der Waals surface area contributed by atoms with Crippen LogP contribution >= 0.6 is 0 Å². The number of nitrogens with one attached hydrogen (secondary N) is 2. The van der Waals surface area contributed by atoms with E-state index >= 15 is 0 Å². The van der Waals surface area contributed by atoms with Crippen LogP contribution in [0.1, 0.15) is 12.0 Å². The largest absolute Gasteiger partial charge is 0.355 e. The fraction of sp³-hybridized carbons (Fsp3) is 0.529. The number of hydrogen-bond donors (Lipinski definition) is 2. The summed E-state index contributed by atoms with van der Waals surface area (Å²) in [5.41, 5.74) is 0.391. The summed E-state index contributed by atoms with van der Waals surface area (Å²) in [6.07, 6.45) is 0.0419. The third-order valence-corrected chi connectivity index (χ3v) is 3.95. The molecule has 1 aromatic rings. The van der Waals surface area contributed by atoms with Crippen molar-refractivity contribution in [2.24, 2.45) is 0 Å². The molecule has 1 heterocycles. The molecule has 1 saturated heterocycles. The van der Waals surface area contributed by atoms with Crippen LogP contribution in [0.2, 0.25) is 0 Å². The summed E-state index contributed by atoms with van der Waals surface area (Å²) in [4.78, 5) is 27.9.